The second kappa shape index (κ2) is 6.40. The summed E-state index contributed by atoms with van der Waals surface area (Å²) in [5.41, 5.74) is 1.13. The van der Waals surface area contributed by atoms with Gasteiger partial charge in [-0.1, -0.05) is 29.3 Å². The molecule has 1 rings (SSSR count). The van der Waals surface area contributed by atoms with Gasteiger partial charge in [0.2, 0.25) is 0 Å². The molecule has 80 valence electrons. The van der Waals surface area contributed by atoms with Crippen molar-refractivity contribution in [2.24, 2.45) is 0 Å². The Morgan fingerprint density at radius 2 is 2.29 bits per heavy atom. The first kappa shape index (κ1) is 12.0. The summed E-state index contributed by atoms with van der Waals surface area (Å²) in [6.45, 7) is 6.44. The van der Waals surface area contributed by atoms with Gasteiger partial charge >= 0.3 is 0 Å². The van der Waals surface area contributed by atoms with Crippen LogP contribution in [0.4, 0.5) is 5.13 Å². The Balaban J connectivity index is 2.57. The first-order chi connectivity index (χ1) is 6.77. The van der Waals surface area contributed by atoms with Crippen LogP contribution in [0.15, 0.2) is 5.38 Å². The Morgan fingerprint density at radius 1 is 1.50 bits per heavy atom. The number of unbranched alkanes of at least 4 members (excludes halogenated alkanes) is 1. The molecule has 1 aromatic heterocycles. The molecule has 0 aliphatic carbocycles. The first-order valence-corrected chi connectivity index (χ1v) is 7.01. The molecule has 4 heteroatoms. The third kappa shape index (κ3) is 3.58. The fraction of sp³-hybridized carbons (Fsp3) is 0.700. The minimum absolute atomic E-state index is 1.01. The van der Waals surface area contributed by atoms with Gasteiger partial charge in [-0.15, -0.1) is 11.3 Å². The van der Waals surface area contributed by atoms with E-state index in [2.05, 4.69) is 38.1 Å². The normalized spacial score (nSPS) is 10.5. The van der Waals surface area contributed by atoms with E-state index in [1.807, 2.05) is 6.92 Å². The predicted octanol–water partition coefficient (Wildman–Crippen LogP) is 3.45. The lowest BCUT2D eigenvalue weighted by Gasteiger charge is -2.20. The minimum atomic E-state index is 1.01. The highest BCUT2D eigenvalue weighted by Crippen LogP contribution is 2.20. The van der Waals surface area contributed by atoms with Crippen molar-refractivity contribution in [1.29, 1.82) is 0 Å². The maximum atomic E-state index is 4.51. The molecule has 0 unspecified atom stereocenters. The second-order valence-electron chi connectivity index (χ2n) is 3.30. The maximum Gasteiger partial charge on any atom is 0.185 e. The zero-order chi connectivity index (χ0) is 10.4. The van der Waals surface area contributed by atoms with Crippen LogP contribution in [0.25, 0.3) is 0 Å². The Morgan fingerprint density at radius 3 is 2.79 bits per heavy atom. The molecule has 14 heavy (non-hydrogen) atoms. The largest absolute Gasteiger partial charge is 0.347 e. The monoisotopic (exact) mass is 276 g/mol. The lowest BCUT2D eigenvalue weighted by atomic mass is 10.3. The van der Waals surface area contributed by atoms with Crippen molar-refractivity contribution in [2.45, 2.75) is 26.7 Å². The number of aromatic nitrogens is 1. The number of rotatable bonds is 6. The molecule has 0 aliphatic heterocycles. The van der Waals surface area contributed by atoms with Crippen LogP contribution in [0.1, 0.15) is 25.5 Å². The molecule has 0 saturated heterocycles. The Hall–Kier alpha value is -0.0900. The number of aryl methyl sites for hydroxylation is 1. The first-order valence-electron chi connectivity index (χ1n) is 5.01. The third-order valence-electron chi connectivity index (χ3n) is 2.01. The Labute approximate surface area is 98.5 Å². The fourth-order valence-electron chi connectivity index (χ4n) is 1.24. The summed E-state index contributed by atoms with van der Waals surface area (Å²) < 4.78 is 0. The smallest absolute Gasteiger partial charge is 0.185 e. The van der Waals surface area contributed by atoms with Gasteiger partial charge in [0.05, 0.1) is 5.69 Å². The standard InChI is InChI=1S/C10H17BrN2S/c1-3-4-6-13(7-5-11)10-12-9(2)8-14-10/h8H,3-7H2,1-2H3. The van der Waals surface area contributed by atoms with Crippen LogP contribution in [0.2, 0.25) is 0 Å². The molecule has 0 bridgehead atoms. The van der Waals surface area contributed by atoms with Gasteiger partial charge in [0.15, 0.2) is 5.13 Å². The van der Waals surface area contributed by atoms with Crippen LogP contribution in [0.3, 0.4) is 0 Å². The van der Waals surface area contributed by atoms with Crippen molar-refractivity contribution >= 4 is 32.4 Å². The summed E-state index contributed by atoms with van der Waals surface area (Å²) in [5, 5.41) is 4.29. The van der Waals surface area contributed by atoms with E-state index in [4.69, 9.17) is 0 Å². The molecule has 0 amide bonds. The van der Waals surface area contributed by atoms with Gasteiger partial charge in [0.25, 0.3) is 0 Å². The molecule has 0 aromatic carbocycles. The van der Waals surface area contributed by atoms with Crippen molar-refractivity contribution in [1.82, 2.24) is 4.98 Å². The average Bonchev–Trinajstić information content (AvgIpc) is 2.59. The van der Waals surface area contributed by atoms with E-state index in [0.717, 1.165) is 29.2 Å². The Kier molecular flexibility index (Phi) is 5.48. The zero-order valence-electron chi connectivity index (χ0n) is 8.79. The van der Waals surface area contributed by atoms with Gasteiger partial charge in [-0.25, -0.2) is 4.98 Å². The van der Waals surface area contributed by atoms with Crippen LogP contribution in [-0.4, -0.2) is 23.4 Å². The van der Waals surface area contributed by atoms with Crippen molar-refractivity contribution in [2.75, 3.05) is 23.3 Å². The molecule has 0 fully saturated rings. The quantitative estimate of drug-likeness (QED) is 0.740. The van der Waals surface area contributed by atoms with Gasteiger partial charge in [-0.3, -0.25) is 0 Å². The number of thiazole rings is 1. The molecule has 0 radical (unpaired) electrons. The lowest BCUT2D eigenvalue weighted by molar-refractivity contribution is 0.733. The summed E-state index contributed by atoms with van der Waals surface area (Å²) >= 11 is 5.22. The molecular formula is C10H17BrN2S. The summed E-state index contributed by atoms with van der Waals surface area (Å²) in [5.74, 6) is 0. The molecule has 1 aromatic rings. The lowest BCUT2D eigenvalue weighted by Crippen LogP contribution is -2.26. The van der Waals surface area contributed by atoms with Gasteiger partial charge in [-0.2, -0.15) is 0 Å². The van der Waals surface area contributed by atoms with E-state index >= 15 is 0 Å². The summed E-state index contributed by atoms with van der Waals surface area (Å²) in [6.07, 6.45) is 2.48. The molecular weight excluding hydrogens is 260 g/mol. The summed E-state index contributed by atoms with van der Waals surface area (Å²) in [4.78, 5) is 6.86. The SMILES string of the molecule is CCCCN(CCBr)c1nc(C)cs1. The summed E-state index contributed by atoms with van der Waals surface area (Å²) in [6, 6.07) is 0. The van der Waals surface area contributed by atoms with Gasteiger partial charge in [-0.05, 0) is 13.3 Å². The molecule has 0 N–H and O–H groups in total. The molecule has 0 saturated carbocycles. The zero-order valence-corrected chi connectivity index (χ0v) is 11.2. The number of alkyl halides is 1. The van der Waals surface area contributed by atoms with E-state index in [0.29, 0.717) is 0 Å². The highest BCUT2D eigenvalue weighted by Gasteiger charge is 2.08. The van der Waals surface area contributed by atoms with E-state index in [1.54, 1.807) is 11.3 Å². The highest BCUT2D eigenvalue weighted by molar-refractivity contribution is 9.09. The van der Waals surface area contributed by atoms with Gasteiger partial charge in [0.1, 0.15) is 0 Å². The van der Waals surface area contributed by atoms with E-state index in [9.17, 15) is 0 Å². The van der Waals surface area contributed by atoms with Crippen LogP contribution in [-0.2, 0) is 0 Å². The number of hydrogen-bond acceptors (Lipinski definition) is 3. The molecule has 0 aliphatic rings. The maximum absolute atomic E-state index is 4.51. The second-order valence-corrected chi connectivity index (χ2v) is 4.93. The van der Waals surface area contributed by atoms with Crippen LogP contribution in [0, 0.1) is 6.92 Å². The van der Waals surface area contributed by atoms with Crippen molar-refractivity contribution in [3.8, 4) is 0 Å². The average molecular weight is 277 g/mol. The van der Waals surface area contributed by atoms with E-state index in [1.165, 1.54) is 12.8 Å². The van der Waals surface area contributed by atoms with Crippen molar-refractivity contribution in [3.63, 3.8) is 0 Å². The van der Waals surface area contributed by atoms with E-state index < -0.39 is 0 Å². The number of nitrogens with zero attached hydrogens (tertiary/aromatic N) is 2. The predicted molar refractivity (Wildman–Crippen MR) is 67.8 cm³/mol. The van der Waals surface area contributed by atoms with Crippen LogP contribution in [0.5, 0.6) is 0 Å². The van der Waals surface area contributed by atoms with E-state index in [-0.39, 0.29) is 0 Å². The molecule has 0 atom stereocenters. The fourth-order valence-corrected chi connectivity index (χ4v) is 2.53. The highest BCUT2D eigenvalue weighted by atomic mass is 79.9. The molecule has 0 spiro atoms. The van der Waals surface area contributed by atoms with Crippen LogP contribution < -0.4 is 4.90 Å². The third-order valence-corrected chi connectivity index (χ3v) is 3.39. The van der Waals surface area contributed by atoms with Crippen molar-refractivity contribution < 1.29 is 0 Å². The van der Waals surface area contributed by atoms with Crippen molar-refractivity contribution in [3.05, 3.63) is 11.1 Å². The number of halogens is 1. The van der Waals surface area contributed by atoms with Gasteiger partial charge < -0.3 is 4.90 Å². The summed E-state index contributed by atoms with van der Waals surface area (Å²) in [7, 11) is 0. The molecule has 1 heterocycles. The minimum Gasteiger partial charge on any atom is -0.347 e. The van der Waals surface area contributed by atoms with Gasteiger partial charge in [0, 0.05) is 23.8 Å². The van der Waals surface area contributed by atoms with Crippen LogP contribution >= 0.6 is 27.3 Å². The number of hydrogen-bond donors (Lipinski definition) is 0. The topological polar surface area (TPSA) is 16.1 Å². The number of anilines is 1. The molecule has 2 nitrogen and oxygen atoms in total. The Bertz CT molecular complexity index is 262.